The fourth-order valence-corrected chi connectivity index (χ4v) is 2.77. The van der Waals surface area contributed by atoms with Crippen molar-refractivity contribution in [3.8, 4) is 0 Å². The Labute approximate surface area is 138 Å². The molecule has 0 aliphatic carbocycles. The molecule has 0 aliphatic rings. The first-order valence-electron chi connectivity index (χ1n) is 8.15. The van der Waals surface area contributed by atoms with Gasteiger partial charge in [0.05, 0.1) is 5.56 Å². The van der Waals surface area contributed by atoms with Crippen molar-refractivity contribution in [2.75, 3.05) is 18.4 Å². The lowest BCUT2D eigenvalue weighted by Crippen LogP contribution is -2.22. The van der Waals surface area contributed by atoms with Gasteiger partial charge in [0, 0.05) is 17.8 Å². The second kappa shape index (κ2) is 7.47. The fraction of sp³-hybridized carbons (Fsp3) is 0.421. The van der Waals surface area contributed by atoms with E-state index < -0.39 is 0 Å². The van der Waals surface area contributed by atoms with Gasteiger partial charge in [-0.3, -0.25) is 9.69 Å². The van der Waals surface area contributed by atoms with Crippen LogP contribution in [0.2, 0.25) is 0 Å². The molecule has 2 rings (SSSR count). The van der Waals surface area contributed by atoms with Crippen molar-refractivity contribution in [1.82, 2.24) is 4.90 Å². The largest absolute Gasteiger partial charge is 0.466 e. The molecular weight excluding hydrogens is 288 g/mol. The van der Waals surface area contributed by atoms with Crippen molar-refractivity contribution >= 4 is 11.6 Å². The van der Waals surface area contributed by atoms with Gasteiger partial charge < -0.3 is 9.73 Å². The quantitative estimate of drug-likeness (QED) is 0.864. The Morgan fingerprint density at radius 2 is 1.83 bits per heavy atom. The van der Waals surface area contributed by atoms with Crippen LogP contribution in [0.1, 0.15) is 46.9 Å². The van der Waals surface area contributed by atoms with Crippen LogP contribution in [0.15, 0.2) is 28.7 Å². The smallest absolute Gasteiger partial charge is 0.259 e. The number of benzene rings is 1. The molecule has 0 fully saturated rings. The first-order chi connectivity index (χ1) is 11.0. The molecule has 0 unspecified atom stereocenters. The minimum Gasteiger partial charge on any atom is -0.466 e. The van der Waals surface area contributed by atoms with Crippen molar-refractivity contribution in [3.63, 3.8) is 0 Å². The van der Waals surface area contributed by atoms with Gasteiger partial charge >= 0.3 is 0 Å². The van der Waals surface area contributed by atoms with Crippen molar-refractivity contribution in [3.05, 3.63) is 52.5 Å². The number of hydrogen-bond acceptors (Lipinski definition) is 3. The van der Waals surface area contributed by atoms with Gasteiger partial charge in [-0.2, -0.15) is 0 Å². The normalized spacial score (nSPS) is 11.0. The Balaban J connectivity index is 2.15. The molecule has 1 amide bonds. The second-order valence-electron chi connectivity index (χ2n) is 5.83. The van der Waals surface area contributed by atoms with E-state index in [-0.39, 0.29) is 5.91 Å². The van der Waals surface area contributed by atoms with Crippen LogP contribution in [0.5, 0.6) is 0 Å². The molecule has 2 aromatic rings. The first kappa shape index (κ1) is 17.3. The Morgan fingerprint density at radius 1 is 1.13 bits per heavy atom. The molecule has 0 atom stereocenters. The summed E-state index contributed by atoms with van der Waals surface area (Å²) in [6, 6.07) is 8.02. The highest BCUT2D eigenvalue weighted by Gasteiger charge is 2.18. The third-order valence-electron chi connectivity index (χ3n) is 4.27. The number of nitrogens with one attached hydrogen (secondary N) is 1. The maximum atomic E-state index is 12.5. The van der Waals surface area contributed by atoms with Gasteiger partial charge in [-0.05, 0) is 51.6 Å². The van der Waals surface area contributed by atoms with E-state index in [0.717, 1.165) is 36.6 Å². The van der Waals surface area contributed by atoms with Gasteiger partial charge in [-0.25, -0.2) is 0 Å². The molecule has 0 aliphatic heterocycles. The minimum atomic E-state index is -0.114. The Hall–Kier alpha value is -2.07. The third kappa shape index (κ3) is 4.02. The van der Waals surface area contributed by atoms with E-state index in [1.165, 1.54) is 5.56 Å². The molecule has 0 saturated carbocycles. The first-order valence-corrected chi connectivity index (χ1v) is 8.15. The maximum absolute atomic E-state index is 12.5. The number of amides is 1. The van der Waals surface area contributed by atoms with Crippen LogP contribution in [-0.4, -0.2) is 23.9 Å². The number of anilines is 1. The molecule has 23 heavy (non-hydrogen) atoms. The number of nitrogens with zero attached hydrogens (tertiary/aromatic N) is 1. The molecule has 124 valence electrons. The number of carbonyl (C=O) groups is 1. The minimum absolute atomic E-state index is 0.114. The highest BCUT2D eigenvalue weighted by atomic mass is 16.3. The highest BCUT2D eigenvalue weighted by molar-refractivity contribution is 6.06. The Kier molecular flexibility index (Phi) is 5.61. The van der Waals surface area contributed by atoms with Crippen molar-refractivity contribution in [1.29, 1.82) is 0 Å². The van der Waals surface area contributed by atoms with Gasteiger partial charge in [0.2, 0.25) is 0 Å². The number of rotatable bonds is 6. The lowest BCUT2D eigenvalue weighted by atomic mass is 10.1. The van der Waals surface area contributed by atoms with Crippen LogP contribution in [0.4, 0.5) is 5.69 Å². The molecule has 0 bridgehead atoms. The zero-order valence-corrected chi connectivity index (χ0v) is 14.7. The zero-order valence-electron chi connectivity index (χ0n) is 14.7. The van der Waals surface area contributed by atoms with Crippen LogP contribution < -0.4 is 5.32 Å². The predicted octanol–water partition coefficient (Wildman–Crippen LogP) is 4.30. The average molecular weight is 314 g/mol. The van der Waals surface area contributed by atoms with Gasteiger partial charge in [-0.1, -0.05) is 26.0 Å². The number of hydrogen-bond donors (Lipinski definition) is 1. The summed E-state index contributed by atoms with van der Waals surface area (Å²) in [5.41, 5.74) is 3.55. The molecule has 1 N–H and O–H groups in total. The van der Waals surface area contributed by atoms with Crippen molar-refractivity contribution in [2.45, 2.75) is 41.2 Å². The fourth-order valence-electron chi connectivity index (χ4n) is 2.77. The molecule has 1 aromatic heterocycles. The summed E-state index contributed by atoms with van der Waals surface area (Å²) in [5, 5.41) is 2.99. The maximum Gasteiger partial charge on any atom is 0.259 e. The molecule has 0 saturated heterocycles. The third-order valence-corrected chi connectivity index (χ3v) is 4.27. The van der Waals surface area contributed by atoms with E-state index in [2.05, 4.69) is 30.1 Å². The van der Waals surface area contributed by atoms with Gasteiger partial charge in [0.1, 0.15) is 11.5 Å². The molecule has 1 aromatic carbocycles. The van der Waals surface area contributed by atoms with E-state index in [4.69, 9.17) is 4.42 Å². The summed E-state index contributed by atoms with van der Waals surface area (Å²) < 4.78 is 5.54. The van der Waals surface area contributed by atoms with Crippen molar-refractivity contribution < 1.29 is 9.21 Å². The van der Waals surface area contributed by atoms with Crippen LogP contribution in [0, 0.1) is 20.8 Å². The summed E-state index contributed by atoms with van der Waals surface area (Å²) in [6.07, 6.45) is 0. The van der Waals surface area contributed by atoms with E-state index in [1.54, 1.807) is 0 Å². The lowest BCUT2D eigenvalue weighted by Gasteiger charge is -2.18. The molecule has 4 heteroatoms. The average Bonchev–Trinajstić information content (AvgIpc) is 2.78. The van der Waals surface area contributed by atoms with Crippen LogP contribution >= 0.6 is 0 Å². The highest BCUT2D eigenvalue weighted by Crippen LogP contribution is 2.22. The number of carbonyl (C=O) groups excluding carboxylic acids is 1. The standard InChI is InChI=1S/C19H26N2O2/c1-6-21(7-2)12-16-9-8-10-17(11-16)20-19(22)18-13(3)14(4)23-15(18)5/h8-11H,6-7,12H2,1-5H3,(H,20,22). The van der Waals surface area contributed by atoms with E-state index >= 15 is 0 Å². The summed E-state index contributed by atoms with van der Waals surface area (Å²) in [7, 11) is 0. The molecule has 1 heterocycles. The van der Waals surface area contributed by atoms with Gasteiger partial charge in [0.25, 0.3) is 5.91 Å². The van der Waals surface area contributed by atoms with Crippen LogP contribution in [-0.2, 0) is 6.54 Å². The van der Waals surface area contributed by atoms with Crippen molar-refractivity contribution in [2.24, 2.45) is 0 Å². The summed E-state index contributed by atoms with van der Waals surface area (Å²) >= 11 is 0. The van der Waals surface area contributed by atoms with Crippen LogP contribution in [0.3, 0.4) is 0 Å². The Bertz CT molecular complexity index is 685. The zero-order chi connectivity index (χ0) is 17.0. The Morgan fingerprint density at radius 3 is 2.39 bits per heavy atom. The second-order valence-corrected chi connectivity index (χ2v) is 5.83. The van der Waals surface area contributed by atoms with Crippen LogP contribution in [0.25, 0.3) is 0 Å². The summed E-state index contributed by atoms with van der Waals surface area (Å²) in [4.78, 5) is 14.9. The molecule has 0 radical (unpaired) electrons. The van der Waals surface area contributed by atoms with E-state index in [9.17, 15) is 4.79 Å². The SMILES string of the molecule is CCN(CC)Cc1cccc(NC(=O)c2c(C)oc(C)c2C)c1. The molecule has 0 spiro atoms. The predicted molar refractivity (Wildman–Crippen MR) is 93.9 cm³/mol. The summed E-state index contributed by atoms with van der Waals surface area (Å²) in [6.45, 7) is 12.8. The number of furan rings is 1. The summed E-state index contributed by atoms with van der Waals surface area (Å²) in [5.74, 6) is 1.34. The van der Waals surface area contributed by atoms with Gasteiger partial charge in [-0.15, -0.1) is 0 Å². The number of aryl methyl sites for hydroxylation is 2. The van der Waals surface area contributed by atoms with E-state index in [0.29, 0.717) is 11.3 Å². The lowest BCUT2D eigenvalue weighted by molar-refractivity contribution is 0.102. The molecule has 4 nitrogen and oxygen atoms in total. The topological polar surface area (TPSA) is 45.5 Å². The monoisotopic (exact) mass is 314 g/mol. The van der Waals surface area contributed by atoms with E-state index in [1.807, 2.05) is 39.0 Å². The molecular formula is C19H26N2O2. The van der Waals surface area contributed by atoms with Gasteiger partial charge in [0.15, 0.2) is 0 Å².